The predicted molar refractivity (Wildman–Crippen MR) is 145 cm³/mol. The second-order valence-corrected chi connectivity index (χ2v) is 10.3. The van der Waals surface area contributed by atoms with Crippen LogP contribution in [0.5, 0.6) is 5.75 Å². The molecular formula is C29H32ClN3O4. The number of hydrogen-bond acceptors (Lipinski definition) is 5. The lowest BCUT2D eigenvalue weighted by Crippen LogP contribution is -2.34. The third-order valence-corrected chi connectivity index (χ3v) is 8.25. The lowest BCUT2D eigenvalue weighted by atomic mass is 9.73. The molecule has 2 aliphatic rings. The summed E-state index contributed by atoms with van der Waals surface area (Å²) in [6, 6.07) is 11.7. The SMILES string of the molecule is COc1cc2c(cc1C(=O)C1Cc3ccccc3C[C@@H]1CO)[nH]c(=O)c1cnc(C3CCCCC3)n12.Cl. The zero-order valence-electron chi connectivity index (χ0n) is 20.9. The van der Waals surface area contributed by atoms with Gasteiger partial charge in [0, 0.05) is 24.5 Å². The number of aliphatic hydroxyl groups is 1. The molecule has 6 rings (SSSR count). The van der Waals surface area contributed by atoms with Gasteiger partial charge in [-0.2, -0.15) is 0 Å². The van der Waals surface area contributed by atoms with E-state index in [1.807, 2.05) is 22.6 Å². The van der Waals surface area contributed by atoms with Crippen LogP contribution in [0.2, 0.25) is 0 Å². The summed E-state index contributed by atoms with van der Waals surface area (Å²) in [5.74, 6) is 1.09. The van der Waals surface area contributed by atoms with Crippen molar-refractivity contribution >= 4 is 34.7 Å². The van der Waals surface area contributed by atoms with Gasteiger partial charge in [-0.05, 0) is 48.8 Å². The molecule has 2 aromatic heterocycles. The van der Waals surface area contributed by atoms with Crippen molar-refractivity contribution < 1.29 is 14.6 Å². The summed E-state index contributed by atoms with van der Waals surface area (Å²) in [6.45, 7) is -0.0577. The van der Waals surface area contributed by atoms with E-state index in [4.69, 9.17) is 4.74 Å². The summed E-state index contributed by atoms with van der Waals surface area (Å²) in [5, 5.41) is 10.1. The number of aromatic amines is 1. The zero-order chi connectivity index (χ0) is 24.8. The number of rotatable bonds is 5. The number of methoxy groups -OCH3 is 1. The fourth-order valence-corrected chi connectivity index (χ4v) is 6.31. The minimum atomic E-state index is -0.363. The number of carbonyl (C=O) groups excluding carboxylic acids is 1. The molecule has 2 aromatic carbocycles. The third kappa shape index (κ3) is 4.34. The Kier molecular flexibility index (Phi) is 7.10. The number of benzene rings is 2. The van der Waals surface area contributed by atoms with Crippen molar-refractivity contribution in [2.24, 2.45) is 11.8 Å². The van der Waals surface area contributed by atoms with Crippen molar-refractivity contribution in [2.75, 3.05) is 13.7 Å². The molecular weight excluding hydrogens is 490 g/mol. The highest BCUT2D eigenvalue weighted by molar-refractivity contribution is 6.03. The second kappa shape index (κ2) is 10.3. The van der Waals surface area contributed by atoms with Gasteiger partial charge < -0.3 is 14.8 Å². The van der Waals surface area contributed by atoms with Crippen molar-refractivity contribution in [3.8, 4) is 5.75 Å². The molecule has 2 aliphatic carbocycles. The van der Waals surface area contributed by atoms with Crippen LogP contribution in [0.1, 0.15) is 65.3 Å². The molecule has 2 heterocycles. The van der Waals surface area contributed by atoms with Crippen LogP contribution in [0.25, 0.3) is 16.6 Å². The minimum Gasteiger partial charge on any atom is -0.496 e. The summed E-state index contributed by atoms with van der Waals surface area (Å²) in [7, 11) is 1.57. The van der Waals surface area contributed by atoms with Gasteiger partial charge in [0.25, 0.3) is 5.56 Å². The first-order chi connectivity index (χ1) is 17.6. The highest BCUT2D eigenvalue weighted by atomic mass is 35.5. The van der Waals surface area contributed by atoms with Crippen LogP contribution in [-0.2, 0) is 12.8 Å². The maximum Gasteiger partial charge on any atom is 0.274 e. The molecule has 194 valence electrons. The number of hydrogen-bond donors (Lipinski definition) is 2. The van der Waals surface area contributed by atoms with Gasteiger partial charge in [0.05, 0.1) is 29.9 Å². The number of imidazole rings is 1. The molecule has 0 spiro atoms. The molecule has 1 unspecified atom stereocenters. The van der Waals surface area contributed by atoms with Crippen molar-refractivity contribution in [1.29, 1.82) is 0 Å². The number of ketones is 1. The Morgan fingerprint density at radius 2 is 1.84 bits per heavy atom. The van der Waals surface area contributed by atoms with Crippen molar-refractivity contribution in [3.63, 3.8) is 0 Å². The standard InChI is InChI=1S/C29H31N3O4.ClH/c1-36-26-14-24-23(31-29(35)25-15-30-28(32(24)25)17-7-3-2-4-8-17)13-22(26)27(34)21-12-19-10-6-5-9-18(19)11-20(21)16-33;/h5-6,9-10,13-15,17,20-21,33H,2-4,7-8,11-12,16H2,1H3,(H,31,35);1H/t20-,21?;/m1./s1. The van der Waals surface area contributed by atoms with Gasteiger partial charge >= 0.3 is 0 Å². The van der Waals surface area contributed by atoms with Gasteiger partial charge in [0.15, 0.2) is 5.78 Å². The van der Waals surface area contributed by atoms with E-state index in [2.05, 4.69) is 22.1 Å². The van der Waals surface area contributed by atoms with Crippen molar-refractivity contribution in [1.82, 2.24) is 14.4 Å². The van der Waals surface area contributed by atoms with E-state index in [-0.39, 0.29) is 42.2 Å². The molecule has 4 aromatic rings. The molecule has 1 saturated carbocycles. The Morgan fingerprint density at radius 3 is 2.54 bits per heavy atom. The van der Waals surface area contributed by atoms with Gasteiger partial charge in [0.1, 0.15) is 17.1 Å². The number of nitrogens with zero attached hydrogens (tertiary/aromatic N) is 2. The van der Waals surface area contributed by atoms with Crippen LogP contribution in [0.3, 0.4) is 0 Å². The van der Waals surface area contributed by atoms with Crippen LogP contribution < -0.4 is 10.3 Å². The molecule has 2 N–H and O–H groups in total. The number of halogens is 1. The monoisotopic (exact) mass is 521 g/mol. The Balaban J connectivity index is 0.00000280. The zero-order valence-corrected chi connectivity index (χ0v) is 21.7. The lowest BCUT2D eigenvalue weighted by Gasteiger charge is -2.31. The Hall–Kier alpha value is -3.16. The first-order valence-corrected chi connectivity index (χ1v) is 12.9. The lowest BCUT2D eigenvalue weighted by molar-refractivity contribution is 0.0797. The van der Waals surface area contributed by atoms with Gasteiger partial charge in [-0.15, -0.1) is 12.4 Å². The number of fused-ring (bicyclic) bond motifs is 4. The number of Topliss-reactive ketones (excluding diaryl/α,β-unsaturated/α-hetero) is 1. The number of H-pyrrole nitrogens is 1. The highest BCUT2D eigenvalue weighted by Gasteiger charge is 2.35. The summed E-state index contributed by atoms with van der Waals surface area (Å²) >= 11 is 0. The molecule has 7 nitrogen and oxygen atoms in total. The molecule has 0 amide bonds. The molecule has 8 heteroatoms. The van der Waals surface area contributed by atoms with E-state index < -0.39 is 0 Å². The maximum atomic E-state index is 13.9. The van der Waals surface area contributed by atoms with Gasteiger partial charge in [0.2, 0.25) is 0 Å². The van der Waals surface area contributed by atoms with Crippen LogP contribution >= 0.6 is 12.4 Å². The average Bonchev–Trinajstić information content (AvgIpc) is 3.38. The van der Waals surface area contributed by atoms with Gasteiger partial charge in [-0.1, -0.05) is 43.5 Å². The summed E-state index contributed by atoms with van der Waals surface area (Å²) in [4.78, 5) is 34.5. The number of aliphatic hydroxyl groups excluding tert-OH is 1. The van der Waals surface area contributed by atoms with Crippen LogP contribution in [0.15, 0.2) is 47.4 Å². The summed E-state index contributed by atoms with van der Waals surface area (Å²) in [5.41, 5.74) is 4.42. The van der Waals surface area contributed by atoms with Crippen LogP contribution in [0, 0.1) is 11.8 Å². The largest absolute Gasteiger partial charge is 0.496 e. The molecule has 0 radical (unpaired) electrons. The van der Waals surface area contributed by atoms with E-state index in [1.54, 1.807) is 19.4 Å². The minimum absolute atomic E-state index is 0. The molecule has 0 saturated heterocycles. The van der Waals surface area contributed by atoms with E-state index in [0.717, 1.165) is 29.7 Å². The fraction of sp³-hybridized carbons (Fsp3) is 0.414. The third-order valence-electron chi connectivity index (χ3n) is 8.25. The van der Waals surface area contributed by atoms with E-state index in [0.29, 0.717) is 41.1 Å². The first-order valence-electron chi connectivity index (χ1n) is 12.9. The second-order valence-electron chi connectivity index (χ2n) is 10.3. The number of aromatic nitrogens is 3. The number of carbonyl (C=O) groups is 1. The molecule has 0 bridgehead atoms. The predicted octanol–water partition coefficient (Wildman–Crippen LogP) is 4.86. The van der Waals surface area contributed by atoms with Gasteiger partial charge in [-0.25, -0.2) is 4.98 Å². The Morgan fingerprint density at radius 1 is 1.11 bits per heavy atom. The summed E-state index contributed by atoms with van der Waals surface area (Å²) in [6.07, 6.45) is 8.58. The number of nitrogens with one attached hydrogen (secondary N) is 1. The quantitative estimate of drug-likeness (QED) is 0.366. The molecule has 37 heavy (non-hydrogen) atoms. The first kappa shape index (κ1) is 25.5. The van der Waals surface area contributed by atoms with Crippen LogP contribution in [-0.4, -0.2) is 39.0 Å². The van der Waals surface area contributed by atoms with E-state index >= 15 is 0 Å². The normalized spacial score (nSPS) is 19.9. The Labute approximate surface area is 221 Å². The van der Waals surface area contributed by atoms with Crippen LogP contribution in [0.4, 0.5) is 0 Å². The maximum absolute atomic E-state index is 13.9. The van der Waals surface area contributed by atoms with Crippen molar-refractivity contribution in [3.05, 3.63) is 75.5 Å². The van der Waals surface area contributed by atoms with Gasteiger partial charge in [-0.3, -0.25) is 14.0 Å². The summed E-state index contributed by atoms with van der Waals surface area (Å²) < 4.78 is 7.69. The van der Waals surface area contributed by atoms with E-state index in [9.17, 15) is 14.7 Å². The molecule has 2 atom stereocenters. The topological polar surface area (TPSA) is 96.7 Å². The number of ether oxygens (including phenoxy) is 1. The average molecular weight is 522 g/mol. The molecule has 0 aliphatic heterocycles. The van der Waals surface area contributed by atoms with Crippen molar-refractivity contribution in [2.45, 2.75) is 50.9 Å². The smallest absolute Gasteiger partial charge is 0.274 e. The highest BCUT2D eigenvalue weighted by Crippen LogP contribution is 2.37. The molecule has 1 fully saturated rings. The fourth-order valence-electron chi connectivity index (χ4n) is 6.31. The van der Waals surface area contributed by atoms with E-state index in [1.165, 1.54) is 24.8 Å². The Bertz CT molecular complexity index is 1520.